The largest absolute Gasteiger partial charge is 0.372 e. The highest BCUT2D eigenvalue weighted by Crippen LogP contribution is 2.24. The Morgan fingerprint density at radius 3 is 2.67 bits per heavy atom. The van der Waals surface area contributed by atoms with Crippen LogP contribution in [0.4, 0.5) is 0 Å². The summed E-state index contributed by atoms with van der Waals surface area (Å²) in [6, 6.07) is 12.7. The molecular weight excluding hydrogens is 222 g/mol. The predicted octanol–water partition coefficient (Wildman–Crippen LogP) is 2.81. The summed E-state index contributed by atoms with van der Waals surface area (Å²) in [6.45, 7) is 2.86. The van der Waals surface area contributed by atoms with Crippen molar-refractivity contribution in [3.63, 3.8) is 0 Å². The molecule has 1 unspecified atom stereocenters. The minimum Gasteiger partial charge on any atom is -0.372 e. The maximum atomic E-state index is 4.56. The molecule has 2 aromatic rings. The lowest BCUT2D eigenvalue weighted by atomic mass is 10.0. The normalized spacial score (nSPS) is 18.3. The van der Waals surface area contributed by atoms with Crippen LogP contribution in [0.15, 0.2) is 53.8 Å². The SMILES string of the molecule is CC1=NC(c2cncc(-c3ccccc3)c2)CN1. The maximum absolute atomic E-state index is 4.56. The molecule has 0 fully saturated rings. The zero-order valence-corrected chi connectivity index (χ0v) is 10.3. The van der Waals surface area contributed by atoms with E-state index in [-0.39, 0.29) is 6.04 Å². The van der Waals surface area contributed by atoms with Crippen molar-refractivity contribution in [2.75, 3.05) is 6.54 Å². The zero-order chi connectivity index (χ0) is 12.4. The fraction of sp³-hybridized carbons (Fsp3) is 0.200. The lowest BCUT2D eigenvalue weighted by Crippen LogP contribution is -2.15. The van der Waals surface area contributed by atoms with E-state index in [9.17, 15) is 0 Å². The van der Waals surface area contributed by atoms with Crippen molar-refractivity contribution in [1.29, 1.82) is 0 Å². The van der Waals surface area contributed by atoms with Gasteiger partial charge in [-0.3, -0.25) is 9.98 Å². The predicted molar refractivity (Wildman–Crippen MR) is 73.5 cm³/mol. The number of aromatic nitrogens is 1. The Hall–Kier alpha value is -2.16. The summed E-state index contributed by atoms with van der Waals surface area (Å²) in [4.78, 5) is 8.89. The fourth-order valence-corrected chi connectivity index (χ4v) is 2.19. The quantitative estimate of drug-likeness (QED) is 0.872. The van der Waals surface area contributed by atoms with Crippen molar-refractivity contribution in [2.45, 2.75) is 13.0 Å². The van der Waals surface area contributed by atoms with Gasteiger partial charge in [-0.15, -0.1) is 0 Å². The standard InChI is InChI=1S/C15H15N3/c1-11-17-10-15(18-11)14-7-13(8-16-9-14)12-5-3-2-4-6-12/h2-9,15H,10H2,1H3,(H,17,18). The van der Waals surface area contributed by atoms with Crippen LogP contribution in [0.25, 0.3) is 11.1 Å². The molecule has 0 amide bonds. The molecule has 3 rings (SSSR count). The van der Waals surface area contributed by atoms with Gasteiger partial charge in [0, 0.05) is 24.5 Å². The van der Waals surface area contributed by atoms with Crippen LogP contribution in [0.2, 0.25) is 0 Å². The summed E-state index contributed by atoms with van der Waals surface area (Å²) in [5.74, 6) is 1.00. The van der Waals surface area contributed by atoms with Gasteiger partial charge in [0.15, 0.2) is 0 Å². The lowest BCUT2D eigenvalue weighted by Gasteiger charge is -2.08. The highest BCUT2D eigenvalue weighted by molar-refractivity contribution is 5.81. The fourth-order valence-electron chi connectivity index (χ4n) is 2.19. The maximum Gasteiger partial charge on any atom is 0.0956 e. The Kier molecular flexibility index (Phi) is 2.81. The van der Waals surface area contributed by atoms with Gasteiger partial charge in [0.25, 0.3) is 0 Å². The van der Waals surface area contributed by atoms with E-state index in [4.69, 9.17) is 0 Å². The Balaban J connectivity index is 1.95. The van der Waals surface area contributed by atoms with E-state index in [1.807, 2.05) is 37.5 Å². The molecule has 2 heterocycles. The van der Waals surface area contributed by atoms with E-state index < -0.39 is 0 Å². The molecular formula is C15H15N3. The van der Waals surface area contributed by atoms with Crippen LogP contribution in [0.3, 0.4) is 0 Å². The van der Waals surface area contributed by atoms with Crippen molar-refractivity contribution >= 4 is 5.84 Å². The number of rotatable bonds is 2. The van der Waals surface area contributed by atoms with Gasteiger partial charge < -0.3 is 5.32 Å². The highest BCUT2D eigenvalue weighted by Gasteiger charge is 2.16. The highest BCUT2D eigenvalue weighted by atomic mass is 15.1. The second-order valence-corrected chi connectivity index (χ2v) is 4.48. The second-order valence-electron chi connectivity index (χ2n) is 4.48. The molecule has 3 nitrogen and oxygen atoms in total. The number of amidine groups is 1. The van der Waals surface area contributed by atoms with Gasteiger partial charge in [-0.25, -0.2) is 0 Å². The topological polar surface area (TPSA) is 37.3 Å². The molecule has 0 saturated heterocycles. The summed E-state index contributed by atoms with van der Waals surface area (Å²) >= 11 is 0. The van der Waals surface area contributed by atoms with E-state index in [1.165, 1.54) is 11.1 Å². The average Bonchev–Trinajstić information content (AvgIpc) is 2.87. The molecule has 0 saturated carbocycles. The van der Waals surface area contributed by atoms with Crippen LogP contribution in [-0.4, -0.2) is 17.4 Å². The van der Waals surface area contributed by atoms with E-state index in [0.29, 0.717) is 0 Å². The van der Waals surface area contributed by atoms with Crippen molar-refractivity contribution < 1.29 is 0 Å². The molecule has 1 atom stereocenters. The number of nitrogens with one attached hydrogen (secondary N) is 1. The first kappa shape index (κ1) is 11.0. The van der Waals surface area contributed by atoms with E-state index in [0.717, 1.165) is 17.9 Å². The first-order chi connectivity index (χ1) is 8.83. The Labute approximate surface area is 107 Å². The van der Waals surface area contributed by atoms with Crippen LogP contribution in [-0.2, 0) is 0 Å². The number of hydrogen-bond acceptors (Lipinski definition) is 3. The summed E-state index contributed by atoms with van der Waals surface area (Å²) in [5.41, 5.74) is 3.51. The third kappa shape index (κ3) is 2.12. The number of nitrogens with zero attached hydrogens (tertiary/aromatic N) is 2. The molecule has 3 heteroatoms. The van der Waals surface area contributed by atoms with Gasteiger partial charge >= 0.3 is 0 Å². The van der Waals surface area contributed by atoms with Gasteiger partial charge in [-0.1, -0.05) is 30.3 Å². The van der Waals surface area contributed by atoms with Crippen molar-refractivity contribution in [1.82, 2.24) is 10.3 Å². The summed E-state index contributed by atoms with van der Waals surface area (Å²) in [6.07, 6.45) is 3.80. The molecule has 0 aliphatic carbocycles. The van der Waals surface area contributed by atoms with Gasteiger partial charge in [0.05, 0.1) is 11.9 Å². The van der Waals surface area contributed by atoms with Crippen LogP contribution in [0.5, 0.6) is 0 Å². The van der Waals surface area contributed by atoms with Crippen LogP contribution in [0.1, 0.15) is 18.5 Å². The number of pyridine rings is 1. The van der Waals surface area contributed by atoms with Crippen LogP contribution in [0, 0.1) is 0 Å². The summed E-state index contributed by atoms with van der Waals surface area (Å²) < 4.78 is 0. The second kappa shape index (κ2) is 4.61. The summed E-state index contributed by atoms with van der Waals surface area (Å²) in [5, 5.41) is 3.25. The van der Waals surface area contributed by atoms with Crippen LogP contribution < -0.4 is 5.32 Å². The monoisotopic (exact) mass is 237 g/mol. The molecule has 18 heavy (non-hydrogen) atoms. The van der Waals surface area contributed by atoms with E-state index >= 15 is 0 Å². The lowest BCUT2D eigenvalue weighted by molar-refractivity contribution is 0.747. The molecule has 90 valence electrons. The van der Waals surface area contributed by atoms with Crippen LogP contribution >= 0.6 is 0 Å². The molecule has 1 aliphatic rings. The van der Waals surface area contributed by atoms with Crippen molar-refractivity contribution in [2.24, 2.45) is 4.99 Å². The molecule has 0 radical (unpaired) electrons. The number of hydrogen-bond donors (Lipinski definition) is 1. The van der Waals surface area contributed by atoms with Crippen molar-refractivity contribution in [3.8, 4) is 11.1 Å². The number of benzene rings is 1. The molecule has 1 aromatic heterocycles. The summed E-state index contributed by atoms with van der Waals surface area (Å²) in [7, 11) is 0. The zero-order valence-electron chi connectivity index (χ0n) is 10.3. The minimum absolute atomic E-state index is 0.196. The molecule has 0 spiro atoms. The molecule has 1 aromatic carbocycles. The third-order valence-corrected chi connectivity index (χ3v) is 3.15. The number of aliphatic imine (C=N–C) groups is 1. The Bertz CT molecular complexity index is 575. The molecule has 1 N–H and O–H groups in total. The van der Waals surface area contributed by atoms with Gasteiger partial charge in [-0.2, -0.15) is 0 Å². The van der Waals surface area contributed by atoms with E-state index in [2.05, 4.69) is 33.5 Å². The smallest absolute Gasteiger partial charge is 0.0956 e. The van der Waals surface area contributed by atoms with Crippen molar-refractivity contribution in [3.05, 3.63) is 54.4 Å². The average molecular weight is 237 g/mol. The third-order valence-electron chi connectivity index (χ3n) is 3.15. The Morgan fingerprint density at radius 2 is 1.94 bits per heavy atom. The first-order valence-corrected chi connectivity index (χ1v) is 6.11. The van der Waals surface area contributed by atoms with E-state index in [1.54, 1.807) is 0 Å². The molecule has 1 aliphatic heterocycles. The Morgan fingerprint density at radius 1 is 1.11 bits per heavy atom. The molecule has 0 bridgehead atoms. The van der Waals surface area contributed by atoms with Gasteiger partial charge in [-0.05, 0) is 24.1 Å². The first-order valence-electron chi connectivity index (χ1n) is 6.11. The van der Waals surface area contributed by atoms with Gasteiger partial charge in [0.2, 0.25) is 0 Å². The van der Waals surface area contributed by atoms with Gasteiger partial charge in [0.1, 0.15) is 0 Å². The minimum atomic E-state index is 0.196.